The number of nitrogens with zero attached hydrogens (tertiary/aromatic N) is 3. The Labute approximate surface area is 205 Å². The van der Waals surface area contributed by atoms with Crippen molar-refractivity contribution in [1.29, 1.82) is 0 Å². The van der Waals surface area contributed by atoms with Crippen LogP contribution in [-0.2, 0) is 9.59 Å². The molecule has 0 aliphatic carbocycles. The molecule has 3 aromatic carbocycles. The lowest BCUT2D eigenvalue weighted by Gasteiger charge is -2.25. The van der Waals surface area contributed by atoms with Crippen LogP contribution >= 0.6 is 23.4 Å². The zero-order chi connectivity index (χ0) is 23.7. The highest BCUT2D eigenvalue weighted by molar-refractivity contribution is 8.14. The van der Waals surface area contributed by atoms with Crippen molar-refractivity contribution in [1.82, 2.24) is 4.90 Å². The van der Waals surface area contributed by atoms with E-state index >= 15 is 0 Å². The van der Waals surface area contributed by atoms with Gasteiger partial charge in [0.1, 0.15) is 11.6 Å². The predicted molar refractivity (Wildman–Crippen MR) is 135 cm³/mol. The number of amides is 2. The molecule has 1 atom stereocenters. The number of carbonyl (C=O) groups is 2. The van der Waals surface area contributed by atoms with Gasteiger partial charge in [-0.1, -0.05) is 65.8 Å². The number of nitrogens with one attached hydrogen (secondary N) is 1. The van der Waals surface area contributed by atoms with Crippen molar-refractivity contribution >= 4 is 57.6 Å². The number of methoxy groups -OCH3 is 1. The third-order valence-corrected chi connectivity index (χ3v) is 6.53. The molecule has 7 nitrogen and oxygen atoms in total. The van der Waals surface area contributed by atoms with Crippen LogP contribution in [-0.4, -0.2) is 40.6 Å². The average molecular weight is 491 g/mol. The van der Waals surface area contributed by atoms with Crippen molar-refractivity contribution < 1.29 is 14.3 Å². The lowest BCUT2D eigenvalue weighted by molar-refractivity contribution is -0.124. The van der Waals surface area contributed by atoms with Gasteiger partial charge in [-0.25, -0.2) is 14.9 Å². The molecule has 170 valence electrons. The lowest BCUT2D eigenvalue weighted by atomic mass is 10.1. The van der Waals surface area contributed by atoms with E-state index in [0.717, 1.165) is 11.1 Å². The van der Waals surface area contributed by atoms with Crippen LogP contribution < -0.4 is 10.1 Å². The third-order valence-electron chi connectivity index (χ3n) is 5.35. The van der Waals surface area contributed by atoms with Crippen molar-refractivity contribution in [2.24, 2.45) is 9.98 Å². The number of anilines is 1. The molecule has 5 rings (SSSR count). The zero-order valence-corrected chi connectivity index (χ0v) is 19.6. The Balaban J connectivity index is 1.40. The van der Waals surface area contributed by atoms with Gasteiger partial charge in [0, 0.05) is 10.6 Å². The molecule has 0 saturated carbocycles. The summed E-state index contributed by atoms with van der Waals surface area (Å²) in [5, 5.41) is 3.70. The first-order valence-corrected chi connectivity index (χ1v) is 11.8. The molecule has 2 amide bonds. The summed E-state index contributed by atoms with van der Waals surface area (Å²) in [4.78, 5) is 37.1. The summed E-state index contributed by atoms with van der Waals surface area (Å²) < 4.78 is 5.29. The van der Waals surface area contributed by atoms with E-state index < -0.39 is 6.04 Å². The SMILES string of the molecule is COc1ccc(Cl)cc1NC(=O)CSC1=Nc2ccccc2C2=N[C@@H](c3ccccc3)C(=O)N12. The quantitative estimate of drug-likeness (QED) is 0.542. The van der Waals surface area contributed by atoms with Gasteiger partial charge < -0.3 is 10.1 Å². The summed E-state index contributed by atoms with van der Waals surface area (Å²) in [6, 6.07) is 21.3. The maximum absolute atomic E-state index is 13.4. The summed E-state index contributed by atoms with van der Waals surface area (Å²) in [5.41, 5.74) is 2.77. The first kappa shape index (κ1) is 22.2. The van der Waals surface area contributed by atoms with Crippen LogP contribution in [0, 0.1) is 0 Å². The largest absolute Gasteiger partial charge is 0.495 e. The van der Waals surface area contributed by atoms with E-state index in [9.17, 15) is 9.59 Å². The predicted octanol–water partition coefficient (Wildman–Crippen LogP) is 5.05. The molecule has 2 aliphatic rings. The topological polar surface area (TPSA) is 83.4 Å². The molecule has 1 N–H and O–H groups in total. The number of rotatable bonds is 5. The Morgan fingerprint density at radius 1 is 1.12 bits per heavy atom. The van der Waals surface area contributed by atoms with Crippen LogP contribution in [0.4, 0.5) is 11.4 Å². The normalized spacial score (nSPS) is 16.4. The number of hydrogen-bond donors (Lipinski definition) is 1. The molecule has 0 spiro atoms. The molecular formula is C25H19ClN4O3S. The number of thioether (sulfide) groups is 1. The maximum Gasteiger partial charge on any atom is 0.263 e. The van der Waals surface area contributed by atoms with Gasteiger partial charge in [0.15, 0.2) is 11.2 Å². The molecule has 0 saturated heterocycles. The number of fused-ring (bicyclic) bond motifs is 3. The molecular weight excluding hydrogens is 472 g/mol. The lowest BCUT2D eigenvalue weighted by Crippen LogP contribution is -2.40. The smallest absolute Gasteiger partial charge is 0.263 e. The minimum absolute atomic E-state index is 0.0315. The number of aliphatic imine (C=N–C) groups is 2. The fourth-order valence-corrected chi connectivity index (χ4v) is 4.77. The molecule has 0 aromatic heterocycles. The highest BCUT2D eigenvalue weighted by Crippen LogP contribution is 2.37. The van der Waals surface area contributed by atoms with E-state index in [1.54, 1.807) is 18.2 Å². The molecule has 0 bridgehead atoms. The van der Waals surface area contributed by atoms with E-state index in [0.29, 0.717) is 33.2 Å². The number of halogens is 1. The van der Waals surface area contributed by atoms with Crippen LogP contribution in [0.15, 0.2) is 82.8 Å². The second-order valence-electron chi connectivity index (χ2n) is 7.53. The van der Waals surface area contributed by atoms with Crippen molar-refractivity contribution in [3.05, 3.63) is 88.9 Å². The van der Waals surface area contributed by atoms with E-state index in [1.807, 2.05) is 54.6 Å². The Kier molecular flexibility index (Phi) is 6.08. The van der Waals surface area contributed by atoms with Crippen LogP contribution in [0.2, 0.25) is 5.02 Å². The average Bonchev–Trinajstić information content (AvgIpc) is 3.21. The number of benzene rings is 3. The van der Waals surface area contributed by atoms with Crippen molar-refractivity contribution in [2.45, 2.75) is 6.04 Å². The van der Waals surface area contributed by atoms with Crippen molar-refractivity contribution in [3.63, 3.8) is 0 Å². The Hall–Kier alpha value is -3.62. The van der Waals surface area contributed by atoms with E-state index in [4.69, 9.17) is 21.3 Å². The van der Waals surface area contributed by atoms with Crippen LogP contribution in [0.25, 0.3) is 0 Å². The monoisotopic (exact) mass is 490 g/mol. The van der Waals surface area contributed by atoms with Gasteiger partial charge in [-0.3, -0.25) is 9.59 Å². The fourth-order valence-electron chi connectivity index (χ4n) is 3.79. The minimum atomic E-state index is -0.655. The molecule has 0 unspecified atom stereocenters. The van der Waals surface area contributed by atoms with Gasteiger partial charge in [-0.05, 0) is 35.9 Å². The fraction of sp³-hybridized carbons (Fsp3) is 0.120. The summed E-state index contributed by atoms with van der Waals surface area (Å²) >= 11 is 7.23. The van der Waals surface area contributed by atoms with Crippen LogP contribution in [0.1, 0.15) is 17.2 Å². The Morgan fingerprint density at radius 2 is 1.88 bits per heavy atom. The van der Waals surface area contributed by atoms with Gasteiger partial charge in [0.25, 0.3) is 5.91 Å². The molecule has 2 aliphatic heterocycles. The number of ether oxygens (including phenoxy) is 1. The van der Waals surface area contributed by atoms with Gasteiger partial charge >= 0.3 is 0 Å². The second-order valence-corrected chi connectivity index (χ2v) is 8.91. The number of carbonyl (C=O) groups excluding carboxylic acids is 2. The highest BCUT2D eigenvalue weighted by atomic mass is 35.5. The summed E-state index contributed by atoms with van der Waals surface area (Å²) in [6.45, 7) is 0. The van der Waals surface area contributed by atoms with Gasteiger partial charge in [-0.2, -0.15) is 0 Å². The molecule has 2 heterocycles. The molecule has 3 aromatic rings. The van der Waals surface area contributed by atoms with Gasteiger partial charge in [0.05, 0.1) is 24.2 Å². The van der Waals surface area contributed by atoms with Gasteiger partial charge in [0.2, 0.25) is 5.91 Å². The van der Waals surface area contributed by atoms with Crippen LogP contribution in [0.5, 0.6) is 5.75 Å². The first-order valence-electron chi connectivity index (χ1n) is 10.5. The van der Waals surface area contributed by atoms with Crippen molar-refractivity contribution in [3.8, 4) is 5.75 Å². The minimum Gasteiger partial charge on any atom is -0.495 e. The highest BCUT2D eigenvalue weighted by Gasteiger charge is 2.42. The maximum atomic E-state index is 13.4. The van der Waals surface area contributed by atoms with E-state index in [1.165, 1.54) is 23.8 Å². The molecule has 0 fully saturated rings. The third kappa shape index (κ3) is 4.18. The molecule has 0 radical (unpaired) electrons. The van der Waals surface area contributed by atoms with Gasteiger partial charge in [-0.15, -0.1) is 0 Å². The Morgan fingerprint density at radius 3 is 2.68 bits per heavy atom. The summed E-state index contributed by atoms with van der Waals surface area (Å²) in [7, 11) is 1.52. The number of amidine groups is 2. The van der Waals surface area contributed by atoms with Crippen LogP contribution in [0.3, 0.4) is 0 Å². The number of hydrogen-bond acceptors (Lipinski definition) is 6. The zero-order valence-electron chi connectivity index (χ0n) is 18.1. The van der Waals surface area contributed by atoms with Crippen molar-refractivity contribution in [2.75, 3.05) is 18.2 Å². The summed E-state index contributed by atoms with van der Waals surface area (Å²) in [6.07, 6.45) is 0. The molecule has 9 heteroatoms. The Bertz CT molecular complexity index is 1340. The number of para-hydroxylation sites is 1. The molecule has 34 heavy (non-hydrogen) atoms. The standard InChI is InChI=1S/C25H19ClN4O3S/c1-33-20-12-11-16(26)13-19(20)27-21(31)14-34-25-28-18-10-6-5-9-17(18)23-29-22(24(32)30(23)25)15-7-3-2-4-8-15/h2-13,22H,14H2,1H3,(H,27,31)/t22-/m0/s1. The second kappa shape index (κ2) is 9.32. The van der Waals surface area contributed by atoms with E-state index in [-0.39, 0.29) is 17.6 Å². The first-order chi connectivity index (χ1) is 16.5. The summed E-state index contributed by atoms with van der Waals surface area (Å²) in [5.74, 6) is 0.602. The van der Waals surface area contributed by atoms with E-state index in [2.05, 4.69) is 10.3 Å².